The molecule has 1 saturated heterocycles. The summed E-state index contributed by atoms with van der Waals surface area (Å²) in [6.07, 6.45) is 7.79. The number of nitrogens with one attached hydrogen (secondary N) is 1. The van der Waals surface area contributed by atoms with E-state index in [1.54, 1.807) is 9.03 Å². The Bertz CT molecular complexity index is 2830. The molecule has 1 aliphatic heterocycles. The van der Waals surface area contributed by atoms with Crippen LogP contribution in [0.4, 0.5) is 0 Å². The largest absolute Gasteiger partial charge is 0.422 e. The second kappa shape index (κ2) is 15.6. The van der Waals surface area contributed by atoms with Crippen LogP contribution in [0.2, 0.25) is 0 Å². The van der Waals surface area contributed by atoms with Crippen LogP contribution in [0.1, 0.15) is 108 Å². The maximum absolute atomic E-state index is 14.2. The third-order valence-corrected chi connectivity index (χ3v) is 11.7. The number of benzene rings is 4. The van der Waals surface area contributed by atoms with Crippen molar-refractivity contribution in [1.29, 1.82) is 0 Å². The van der Waals surface area contributed by atoms with Crippen molar-refractivity contribution in [2.24, 2.45) is 0 Å². The zero-order valence-corrected chi connectivity index (χ0v) is 33.5. The highest BCUT2D eigenvalue weighted by molar-refractivity contribution is 5.94. The van der Waals surface area contributed by atoms with Crippen molar-refractivity contribution in [2.45, 2.75) is 76.8 Å². The summed E-state index contributed by atoms with van der Waals surface area (Å²) in [7, 11) is 0. The first-order valence-corrected chi connectivity index (χ1v) is 20.7. The summed E-state index contributed by atoms with van der Waals surface area (Å²) in [5.41, 5.74) is 7.01. The van der Waals surface area contributed by atoms with E-state index in [4.69, 9.17) is 18.7 Å². The number of fused-ring (bicyclic) bond motifs is 2. The van der Waals surface area contributed by atoms with E-state index in [9.17, 15) is 9.59 Å². The number of hydrogen-bond acceptors (Lipinski definition) is 9. The third kappa shape index (κ3) is 6.99. The minimum Gasteiger partial charge on any atom is -0.422 e. The molecule has 60 heavy (non-hydrogen) atoms. The molecule has 8 aromatic rings. The summed E-state index contributed by atoms with van der Waals surface area (Å²) in [5, 5.41) is 12.3. The number of carbonyl (C=O) groups excluding carboxylic acids is 2. The molecule has 0 spiro atoms. The van der Waals surface area contributed by atoms with Crippen molar-refractivity contribution >= 4 is 23.5 Å². The fraction of sp³-hybridized carbons (Fsp3) is 0.277. The van der Waals surface area contributed by atoms with Gasteiger partial charge >= 0.3 is 17.7 Å². The van der Waals surface area contributed by atoms with Gasteiger partial charge in [-0.2, -0.15) is 19.1 Å². The Labute approximate surface area is 346 Å². The minimum atomic E-state index is -0.244. The zero-order valence-electron chi connectivity index (χ0n) is 33.5. The summed E-state index contributed by atoms with van der Waals surface area (Å²) in [6, 6.07) is 34.6. The van der Waals surface area contributed by atoms with Gasteiger partial charge in [-0.15, -0.1) is 10.1 Å². The average molecular weight is 801 g/mol. The van der Waals surface area contributed by atoms with Gasteiger partial charge in [-0.25, -0.2) is 0 Å². The first-order valence-electron chi connectivity index (χ1n) is 20.7. The lowest BCUT2D eigenvalue weighted by atomic mass is 9.97. The fourth-order valence-corrected chi connectivity index (χ4v) is 8.79. The van der Waals surface area contributed by atoms with Crippen LogP contribution in [-0.2, 0) is 6.42 Å². The summed E-state index contributed by atoms with van der Waals surface area (Å²) >= 11 is 0. The predicted molar refractivity (Wildman–Crippen MR) is 224 cm³/mol. The van der Waals surface area contributed by atoms with Crippen molar-refractivity contribution in [2.75, 3.05) is 6.54 Å². The van der Waals surface area contributed by atoms with Gasteiger partial charge in [0.1, 0.15) is 17.8 Å². The van der Waals surface area contributed by atoms with E-state index in [0.29, 0.717) is 30.1 Å². The monoisotopic (exact) mass is 800 g/mol. The molecule has 2 amide bonds. The molecule has 10 rings (SSSR count). The molecule has 2 fully saturated rings. The molecule has 13 heteroatoms. The smallest absolute Gasteiger partial charge is 0.344 e. The molecule has 302 valence electrons. The zero-order chi connectivity index (χ0) is 40.7. The van der Waals surface area contributed by atoms with E-state index in [0.717, 1.165) is 71.9 Å². The second-order valence-electron chi connectivity index (χ2n) is 16.0. The Morgan fingerprint density at radius 2 is 1.55 bits per heavy atom. The Morgan fingerprint density at radius 1 is 0.800 bits per heavy atom. The molecular weight excluding hydrogens is 757 g/mol. The van der Waals surface area contributed by atoms with E-state index in [1.807, 2.05) is 97.6 Å². The summed E-state index contributed by atoms with van der Waals surface area (Å²) in [6.45, 7) is 4.64. The van der Waals surface area contributed by atoms with Gasteiger partial charge in [0, 0.05) is 24.6 Å². The molecule has 2 aliphatic rings. The summed E-state index contributed by atoms with van der Waals surface area (Å²) < 4.78 is 21.9. The molecule has 0 radical (unpaired) electrons. The maximum Gasteiger partial charge on any atom is 0.344 e. The number of nitrogens with zero attached hydrogens (tertiary/aromatic N) is 7. The standard InChI is InChI=1S/C47H44N8O5/c1-29(2)40-42(43(56)50-35-19-9-10-20-35)60-47-51-45(52-55(40)47)58-39-27-34(22-23-36(39)31-14-5-3-6-15-31)33-18-11-13-30(25-33)26-38-41(59-46-48-28-49-54(38)46)44(57)53-24-12-21-37(53)32-16-7-4-8-17-32/h3-8,11,13-18,22-23,25,27-29,35,37H,9-10,12,19-21,24,26H2,1-2H3,(H,50,56). The summed E-state index contributed by atoms with van der Waals surface area (Å²) in [5.74, 6) is 1.03. The number of rotatable bonds is 11. The van der Waals surface area contributed by atoms with Crippen molar-refractivity contribution in [3.8, 4) is 34.0 Å². The number of ether oxygens (including phenoxy) is 1. The van der Waals surface area contributed by atoms with Crippen LogP contribution in [0.25, 0.3) is 33.9 Å². The number of oxazole rings is 2. The van der Waals surface area contributed by atoms with E-state index in [-0.39, 0.29) is 59.0 Å². The van der Waals surface area contributed by atoms with E-state index < -0.39 is 0 Å². The molecule has 1 N–H and O–H groups in total. The molecule has 1 saturated carbocycles. The topological polar surface area (TPSA) is 145 Å². The fourth-order valence-electron chi connectivity index (χ4n) is 8.79. The lowest BCUT2D eigenvalue weighted by molar-refractivity contribution is 0.0703. The third-order valence-electron chi connectivity index (χ3n) is 11.7. The molecule has 1 atom stereocenters. The molecular formula is C47H44N8O5. The molecule has 4 aromatic heterocycles. The van der Waals surface area contributed by atoms with Crippen LogP contribution in [0.5, 0.6) is 11.8 Å². The Balaban J connectivity index is 0.961. The summed E-state index contributed by atoms with van der Waals surface area (Å²) in [4.78, 5) is 38.4. The van der Waals surface area contributed by atoms with Crippen molar-refractivity contribution < 1.29 is 23.2 Å². The highest BCUT2D eigenvalue weighted by Gasteiger charge is 2.35. The number of likely N-dealkylation sites (tertiary alicyclic amines) is 1. The van der Waals surface area contributed by atoms with Gasteiger partial charge in [0.2, 0.25) is 11.5 Å². The Morgan fingerprint density at radius 3 is 2.35 bits per heavy atom. The van der Waals surface area contributed by atoms with Gasteiger partial charge in [-0.1, -0.05) is 124 Å². The highest BCUT2D eigenvalue weighted by Crippen LogP contribution is 2.38. The molecule has 1 aliphatic carbocycles. The van der Waals surface area contributed by atoms with Crippen molar-refractivity contribution in [3.63, 3.8) is 0 Å². The normalized spacial score (nSPS) is 15.8. The van der Waals surface area contributed by atoms with Crippen LogP contribution in [-0.4, -0.2) is 58.5 Å². The SMILES string of the molecule is CC(C)c1c(C(=O)NC2CCCC2)oc2nc(Oc3cc(-c4cccc(Cc5c(C(=O)N6CCCC6c6ccccc6)oc6ncnn56)c4)ccc3-c3ccccc3)nn12. The van der Waals surface area contributed by atoms with E-state index >= 15 is 0 Å². The molecule has 5 heterocycles. The Kier molecular flexibility index (Phi) is 9.70. The van der Waals surface area contributed by atoms with Crippen LogP contribution < -0.4 is 10.1 Å². The quantitative estimate of drug-likeness (QED) is 0.135. The highest BCUT2D eigenvalue weighted by atomic mass is 16.5. The minimum absolute atomic E-state index is 0.0274. The Hall–Kier alpha value is -7.02. The number of aromatic nitrogens is 6. The second-order valence-corrected chi connectivity index (χ2v) is 16.0. The molecule has 0 bridgehead atoms. The lowest BCUT2D eigenvalue weighted by Gasteiger charge is -2.24. The first kappa shape index (κ1) is 37.3. The van der Waals surface area contributed by atoms with Gasteiger partial charge in [0.05, 0.1) is 11.7 Å². The van der Waals surface area contributed by atoms with Gasteiger partial charge < -0.3 is 23.8 Å². The molecule has 13 nitrogen and oxygen atoms in total. The predicted octanol–water partition coefficient (Wildman–Crippen LogP) is 9.45. The maximum atomic E-state index is 14.2. The van der Waals surface area contributed by atoms with Crippen LogP contribution in [0.3, 0.4) is 0 Å². The van der Waals surface area contributed by atoms with Crippen LogP contribution in [0.15, 0.2) is 118 Å². The average Bonchev–Trinajstić information content (AvgIpc) is 4.13. The van der Waals surface area contributed by atoms with E-state index in [1.165, 1.54) is 6.33 Å². The van der Waals surface area contributed by atoms with Crippen LogP contribution >= 0.6 is 0 Å². The molecule has 4 aromatic carbocycles. The molecule has 1 unspecified atom stereocenters. The lowest BCUT2D eigenvalue weighted by Crippen LogP contribution is -2.33. The van der Waals surface area contributed by atoms with Crippen molar-refractivity contribution in [1.82, 2.24) is 39.4 Å². The van der Waals surface area contributed by atoms with Gasteiger partial charge in [0.25, 0.3) is 11.8 Å². The van der Waals surface area contributed by atoms with Gasteiger partial charge in [0.15, 0.2) is 0 Å². The first-order chi connectivity index (χ1) is 29.4. The number of amides is 2. The van der Waals surface area contributed by atoms with Gasteiger partial charge in [-0.3, -0.25) is 9.59 Å². The van der Waals surface area contributed by atoms with Crippen molar-refractivity contribution in [3.05, 3.63) is 143 Å². The van der Waals surface area contributed by atoms with Crippen LogP contribution in [0, 0.1) is 0 Å². The van der Waals surface area contributed by atoms with Gasteiger partial charge in [-0.05, 0) is 65.5 Å². The van der Waals surface area contributed by atoms with E-state index in [2.05, 4.69) is 44.6 Å². The number of carbonyl (C=O) groups is 2. The number of hydrogen-bond donors (Lipinski definition) is 1.